The van der Waals surface area contributed by atoms with Gasteiger partial charge in [0.2, 0.25) is 5.91 Å². The SMILES string of the molecule is CCC(NC1CCCNC(=O)C1)C(C)C. The number of carbonyl (C=O) groups is 1. The molecule has 3 heteroatoms. The lowest BCUT2D eigenvalue weighted by Crippen LogP contribution is -2.42. The van der Waals surface area contributed by atoms with Gasteiger partial charge in [0.15, 0.2) is 0 Å². The van der Waals surface area contributed by atoms with Crippen LogP contribution < -0.4 is 10.6 Å². The summed E-state index contributed by atoms with van der Waals surface area (Å²) < 4.78 is 0. The smallest absolute Gasteiger partial charge is 0.221 e. The van der Waals surface area contributed by atoms with Gasteiger partial charge in [-0.3, -0.25) is 4.79 Å². The number of amides is 1. The van der Waals surface area contributed by atoms with Crippen molar-refractivity contribution in [3.63, 3.8) is 0 Å². The van der Waals surface area contributed by atoms with Crippen molar-refractivity contribution in [3.05, 3.63) is 0 Å². The number of nitrogens with one attached hydrogen (secondary N) is 2. The molecular formula is C12H24N2O. The molecule has 0 saturated carbocycles. The molecule has 15 heavy (non-hydrogen) atoms. The summed E-state index contributed by atoms with van der Waals surface area (Å²) in [6.45, 7) is 7.51. The third-order valence-electron chi connectivity index (χ3n) is 3.18. The van der Waals surface area contributed by atoms with Crippen LogP contribution in [0.25, 0.3) is 0 Å². The molecule has 0 aromatic rings. The zero-order valence-electron chi connectivity index (χ0n) is 10.2. The highest BCUT2D eigenvalue weighted by atomic mass is 16.1. The van der Waals surface area contributed by atoms with Gasteiger partial charge >= 0.3 is 0 Å². The topological polar surface area (TPSA) is 41.1 Å². The molecule has 0 aromatic carbocycles. The van der Waals surface area contributed by atoms with E-state index >= 15 is 0 Å². The highest BCUT2D eigenvalue weighted by molar-refractivity contribution is 5.76. The van der Waals surface area contributed by atoms with Crippen molar-refractivity contribution in [3.8, 4) is 0 Å². The molecule has 1 saturated heterocycles. The van der Waals surface area contributed by atoms with E-state index in [4.69, 9.17) is 0 Å². The van der Waals surface area contributed by atoms with Crippen LogP contribution in [-0.4, -0.2) is 24.5 Å². The van der Waals surface area contributed by atoms with Gasteiger partial charge < -0.3 is 10.6 Å². The maximum absolute atomic E-state index is 11.4. The molecule has 2 N–H and O–H groups in total. The Labute approximate surface area is 93.0 Å². The fraction of sp³-hybridized carbons (Fsp3) is 0.917. The Morgan fingerprint density at radius 2 is 2.27 bits per heavy atom. The van der Waals surface area contributed by atoms with Crippen molar-refractivity contribution in [2.75, 3.05) is 6.54 Å². The van der Waals surface area contributed by atoms with Gasteiger partial charge in [0.1, 0.15) is 0 Å². The standard InChI is InChI=1S/C12H24N2O/c1-4-11(9(2)3)14-10-6-5-7-13-12(15)8-10/h9-11,14H,4-8H2,1-3H3,(H,13,15). The van der Waals surface area contributed by atoms with Gasteiger partial charge in [-0.1, -0.05) is 20.8 Å². The van der Waals surface area contributed by atoms with Gasteiger partial charge in [-0.25, -0.2) is 0 Å². The first kappa shape index (κ1) is 12.5. The molecule has 88 valence electrons. The molecule has 1 aliphatic rings. The summed E-state index contributed by atoms with van der Waals surface area (Å²) in [5.41, 5.74) is 0. The third-order valence-corrected chi connectivity index (χ3v) is 3.18. The molecule has 0 aliphatic carbocycles. The van der Waals surface area contributed by atoms with Crippen LogP contribution in [0.4, 0.5) is 0 Å². The first-order chi connectivity index (χ1) is 7.13. The molecule has 1 aliphatic heterocycles. The molecule has 2 atom stereocenters. The lowest BCUT2D eigenvalue weighted by Gasteiger charge is -2.26. The Kier molecular flexibility index (Phi) is 5.09. The zero-order chi connectivity index (χ0) is 11.3. The van der Waals surface area contributed by atoms with Crippen molar-refractivity contribution in [1.29, 1.82) is 0 Å². The average Bonchev–Trinajstić information content (AvgIpc) is 2.38. The molecule has 0 bridgehead atoms. The minimum Gasteiger partial charge on any atom is -0.356 e. The molecule has 1 amide bonds. The fourth-order valence-corrected chi connectivity index (χ4v) is 2.20. The van der Waals surface area contributed by atoms with Crippen LogP contribution in [0.3, 0.4) is 0 Å². The van der Waals surface area contributed by atoms with Gasteiger partial charge in [-0.15, -0.1) is 0 Å². The van der Waals surface area contributed by atoms with Crippen molar-refractivity contribution < 1.29 is 4.79 Å². The molecular weight excluding hydrogens is 188 g/mol. The molecule has 1 heterocycles. The Morgan fingerprint density at radius 1 is 1.53 bits per heavy atom. The molecule has 1 rings (SSSR count). The predicted molar refractivity (Wildman–Crippen MR) is 62.7 cm³/mol. The minimum atomic E-state index is 0.198. The molecule has 1 fully saturated rings. The van der Waals surface area contributed by atoms with Crippen LogP contribution in [-0.2, 0) is 4.79 Å². The lowest BCUT2D eigenvalue weighted by molar-refractivity contribution is -0.121. The highest BCUT2D eigenvalue weighted by Crippen LogP contribution is 2.12. The second-order valence-electron chi connectivity index (χ2n) is 4.82. The first-order valence-corrected chi connectivity index (χ1v) is 6.16. The lowest BCUT2D eigenvalue weighted by atomic mass is 9.99. The Bertz CT molecular complexity index is 204. The average molecular weight is 212 g/mol. The number of hydrogen-bond donors (Lipinski definition) is 2. The molecule has 3 nitrogen and oxygen atoms in total. The molecule has 0 aromatic heterocycles. The fourth-order valence-electron chi connectivity index (χ4n) is 2.20. The van der Waals surface area contributed by atoms with E-state index in [0.717, 1.165) is 25.8 Å². The second-order valence-corrected chi connectivity index (χ2v) is 4.82. The molecule has 2 unspecified atom stereocenters. The van der Waals surface area contributed by atoms with Crippen LogP contribution in [0.15, 0.2) is 0 Å². The van der Waals surface area contributed by atoms with Crippen LogP contribution in [0.1, 0.15) is 46.5 Å². The highest BCUT2D eigenvalue weighted by Gasteiger charge is 2.21. The zero-order valence-corrected chi connectivity index (χ0v) is 10.2. The van der Waals surface area contributed by atoms with E-state index < -0.39 is 0 Å². The van der Waals surface area contributed by atoms with E-state index in [1.54, 1.807) is 0 Å². The van der Waals surface area contributed by atoms with E-state index in [2.05, 4.69) is 31.4 Å². The van der Waals surface area contributed by atoms with Gasteiger partial charge in [-0.2, -0.15) is 0 Å². The van der Waals surface area contributed by atoms with Crippen LogP contribution >= 0.6 is 0 Å². The Morgan fingerprint density at radius 3 is 2.87 bits per heavy atom. The summed E-state index contributed by atoms with van der Waals surface area (Å²) in [6.07, 6.45) is 3.99. The third kappa shape index (κ3) is 4.20. The largest absolute Gasteiger partial charge is 0.356 e. The maximum atomic E-state index is 11.4. The summed E-state index contributed by atoms with van der Waals surface area (Å²) in [7, 11) is 0. The summed E-state index contributed by atoms with van der Waals surface area (Å²) in [4.78, 5) is 11.4. The van der Waals surface area contributed by atoms with E-state index in [1.807, 2.05) is 0 Å². The molecule has 0 radical (unpaired) electrons. The normalized spacial score (nSPS) is 24.8. The van der Waals surface area contributed by atoms with Gasteiger partial charge in [0.05, 0.1) is 0 Å². The monoisotopic (exact) mass is 212 g/mol. The van der Waals surface area contributed by atoms with E-state index in [0.29, 0.717) is 24.4 Å². The Balaban J connectivity index is 2.44. The van der Waals surface area contributed by atoms with Crippen molar-refractivity contribution in [2.45, 2.75) is 58.5 Å². The summed E-state index contributed by atoms with van der Waals surface area (Å²) in [5.74, 6) is 0.838. The first-order valence-electron chi connectivity index (χ1n) is 6.16. The Hall–Kier alpha value is -0.570. The van der Waals surface area contributed by atoms with Gasteiger partial charge in [0, 0.05) is 25.0 Å². The second kappa shape index (κ2) is 6.11. The van der Waals surface area contributed by atoms with Crippen molar-refractivity contribution >= 4 is 5.91 Å². The van der Waals surface area contributed by atoms with Crippen LogP contribution in [0.5, 0.6) is 0 Å². The van der Waals surface area contributed by atoms with Crippen LogP contribution in [0.2, 0.25) is 0 Å². The molecule has 0 spiro atoms. The van der Waals surface area contributed by atoms with Crippen molar-refractivity contribution in [1.82, 2.24) is 10.6 Å². The van der Waals surface area contributed by atoms with Crippen LogP contribution in [0, 0.1) is 5.92 Å². The summed E-state index contributed by atoms with van der Waals surface area (Å²) >= 11 is 0. The number of rotatable bonds is 4. The van der Waals surface area contributed by atoms with E-state index in [1.165, 1.54) is 0 Å². The van der Waals surface area contributed by atoms with Crippen molar-refractivity contribution in [2.24, 2.45) is 5.92 Å². The minimum absolute atomic E-state index is 0.198. The number of carbonyl (C=O) groups excluding carboxylic acids is 1. The van der Waals surface area contributed by atoms with Gasteiger partial charge in [0.25, 0.3) is 0 Å². The number of hydrogen-bond acceptors (Lipinski definition) is 2. The van der Waals surface area contributed by atoms with E-state index in [9.17, 15) is 4.79 Å². The predicted octanol–water partition coefficient (Wildman–Crippen LogP) is 1.68. The summed E-state index contributed by atoms with van der Waals surface area (Å²) in [5, 5.41) is 6.53. The maximum Gasteiger partial charge on any atom is 0.221 e. The summed E-state index contributed by atoms with van der Waals surface area (Å²) in [6, 6.07) is 0.917. The van der Waals surface area contributed by atoms with Gasteiger partial charge in [-0.05, 0) is 25.2 Å². The van der Waals surface area contributed by atoms with E-state index in [-0.39, 0.29) is 5.91 Å². The quantitative estimate of drug-likeness (QED) is 0.744.